The fourth-order valence-electron chi connectivity index (χ4n) is 2.00. The molecular weight excluding hydrogens is 327 g/mol. The van der Waals surface area contributed by atoms with Gasteiger partial charge in [0.05, 0.1) is 10.6 Å². The lowest BCUT2D eigenvalue weighted by atomic mass is 10.1. The first-order valence-corrected chi connectivity index (χ1v) is 7.02. The SMILES string of the molecule is O=C(c1cc(F)c(Cl)cc1F)N1CCC(CBr)C1. The van der Waals surface area contributed by atoms with E-state index in [9.17, 15) is 13.6 Å². The highest BCUT2D eigenvalue weighted by Gasteiger charge is 2.28. The molecule has 1 amide bonds. The number of hydrogen-bond acceptors (Lipinski definition) is 1. The van der Waals surface area contributed by atoms with Gasteiger partial charge >= 0.3 is 0 Å². The van der Waals surface area contributed by atoms with Crippen LogP contribution in [0.3, 0.4) is 0 Å². The lowest BCUT2D eigenvalue weighted by Crippen LogP contribution is -2.29. The molecule has 6 heteroatoms. The van der Waals surface area contributed by atoms with Gasteiger partial charge in [-0.3, -0.25) is 4.79 Å². The number of carbonyl (C=O) groups is 1. The Morgan fingerprint density at radius 2 is 2.17 bits per heavy atom. The van der Waals surface area contributed by atoms with Crippen molar-refractivity contribution in [3.63, 3.8) is 0 Å². The van der Waals surface area contributed by atoms with E-state index >= 15 is 0 Å². The summed E-state index contributed by atoms with van der Waals surface area (Å²) < 4.78 is 26.9. The molecule has 2 nitrogen and oxygen atoms in total. The quantitative estimate of drug-likeness (QED) is 0.597. The van der Waals surface area contributed by atoms with E-state index in [4.69, 9.17) is 11.6 Å². The Labute approximate surface area is 117 Å². The number of carbonyl (C=O) groups excluding carboxylic acids is 1. The highest BCUT2D eigenvalue weighted by atomic mass is 79.9. The van der Waals surface area contributed by atoms with Gasteiger partial charge in [0, 0.05) is 18.4 Å². The third kappa shape index (κ3) is 2.67. The topological polar surface area (TPSA) is 20.3 Å². The maximum atomic E-state index is 13.6. The molecule has 98 valence electrons. The lowest BCUT2D eigenvalue weighted by molar-refractivity contribution is 0.0783. The number of nitrogens with zero attached hydrogens (tertiary/aromatic N) is 1. The van der Waals surface area contributed by atoms with E-state index in [0.717, 1.165) is 23.9 Å². The maximum absolute atomic E-state index is 13.6. The van der Waals surface area contributed by atoms with Gasteiger partial charge in [-0.1, -0.05) is 27.5 Å². The van der Waals surface area contributed by atoms with Gasteiger partial charge in [0.2, 0.25) is 0 Å². The van der Waals surface area contributed by atoms with Crippen LogP contribution in [0.2, 0.25) is 5.02 Å². The molecule has 0 spiro atoms. The van der Waals surface area contributed by atoms with Crippen molar-refractivity contribution in [1.29, 1.82) is 0 Å². The van der Waals surface area contributed by atoms with Crippen molar-refractivity contribution in [2.45, 2.75) is 6.42 Å². The fraction of sp³-hybridized carbons (Fsp3) is 0.417. The van der Waals surface area contributed by atoms with Gasteiger partial charge in [0.25, 0.3) is 5.91 Å². The standard InChI is InChI=1S/C12H11BrClF2NO/c13-5-7-1-2-17(6-7)12(18)8-3-11(16)9(14)4-10(8)15/h3-4,7H,1-2,5-6H2. The highest BCUT2D eigenvalue weighted by Crippen LogP contribution is 2.24. The minimum absolute atomic E-state index is 0.257. The van der Waals surface area contributed by atoms with Crippen molar-refractivity contribution >= 4 is 33.4 Å². The fourth-order valence-corrected chi connectivity index (χ4v) is 2.68. The van der Waals surface area contributed by atoms with Crippen LogP contribution in [0.25, 0.3) is 0 Å². The summed E-state index contributed by atoms with van der Waals surface area (Å²) in [5.41, 5.74) is -0.257. The molecule has 0 bridgehead atoms. The summed E-state index contributed by atoms with van der Waals surface area (Å²) in [4.78, 5) is 13.6. The Morgan fingerprint density at radius 3 is 2.78 bits per heavy atom. The molecule has 1 saturated heterocycles. The van der Waals surface area contributed by atoms with Crippen LogP contribution in [0.5, 0.6) is 0 Å². The Bertz CT molecular complexity index is 483. The summed E-state index contributed by atoms with van der Waals surface area (Å²) in [7, 11) is 0. The molecule has 1 aliphatic heterocycles. The molecule has 1 heterocycles. The first-order valence-electron chi connectivity index (χ1n) is 5.52. The summed E-state index contributed by atoms with van der Waals surface area (Å²) in [6.45, 7) is 1.13. The number of benzene rings is 1. The third-order valence-corrected chi connectivity index (χ3v) is 4.24. The maximum Gasteiger partial charge on any atom is 0.256 e. The Balaban J connectivity index is 2.22. The predicted octanol–water partition coefficient (Wildman–Crippen LogP) is 3.48. The number of likely N-dealkylation sites (tertiary alicyclic amines) is 1. The molecule has 1 fully saturated rings. The Morgan fingerprint density at radius 1 is 1.44 bits per heavy atom. The molecule has 1 atom stereocenters. The number of amides is 1. The molecule has 1 unspecified atom stereocenters. The monoisotopic (exact) mass is 337 g/mol. The second-order valence-corrected chi connectivity index (χ2v) is 5.36. The average molecular weight is 339 g/mol. The zero-order valence-corrected chi connectivity index (χ0v) is 11.8. The van der Waals surface area contributed by atoms with Crippen LogP contribution in [0.15, 0.2) is 12.1 Å². The molecule has 0 saturated carbocycles. The molecule has 1 aromatic rings. The summed E-state index contributed by atoms with van der Waals surface area (Å²) in [5, 5.41) is 0.484. The molecule has 1 aromatic carbocycles. The molecular formula is C12H11BrClF2NO. The predicted molar refractivity (Wildman–Crippen MR) is 69.2 cm³/mol. The van der Waals surface area contributed by atoms with Crippen LogP contribution in [-0.2, 0) is 0 Å². The van der Waals surface area contributed by atoms with E-state index in [1.165, 1.54) is 4.90 Å². The van der Waals surface area contributed by atoms with Crippen molar-refractivity contribution in [3.8, 4) is 0 Å². The zero-order chi connectivity index (χ0) is 13.3. The van der Waals surface area contributed by atoms with Crippen LogP contribution in [-0.4, -0.2) is 29.2 Å². The van der Waals surface area contributed by atoms with Crippen LogP contribution in [0, 0.1) is 17.6 Å². The smallest absolute Gasteiger partial charge is 0.256 e. The average Bonchev–Trinajstić information content (AvgIpc) is 2.81. The van der Waals surface area contributed by atoms with Crippen LogP contribution in [0.4, 0.5) is 8.78 Å². The van der Waals surface area contributed by atoms with E-state index < -0.39 is 17.5 Å². The van der Waals surface area contributed by atoms with Crippen LogP contribution < -0.4 is 0 Å². The molecule has 0 aliphatic carbocycles. The van der Waals surface area contributed by atoms with Crippen molar-refractivity contribution in [3.05, 3.63) is 34.4 Å². The first-order chi connectivity index (χ1) is 8.52. The summed E-state index contributed by atoms with van der Waals surface area (Å²) >= 11 is 8.80. The molecule has 0 aromatic heterocycles. The van der Waals surface area contributed by atoms with Crippen molar-refractivity contribution < 1.29 is 13.6 Å². The van der Waals surface area contributed by atoms with Gasteiger partial charge < -0.3 is 4.90 Å². The number of halogens is 4. The largest absolute Gasteiger partial charge is 0.338 e. The Hall–Kier alpha value is -0.680. The second kappa shape index (κ2) is 5.53. The summed E-state index contributed by atoms with van der Waals surface area (Å²) in [6, 6.07) is 1.70. The second-order valence-electron chi connectivity index (χ2n) is 4.31. The van der Waals surface area contributed by atoms with Crippen molar-refractivity contribution in [2.24, 2.45) is 5.92 Å². The van der Waals surface area contributed by atoms with Crippen LogP contribution >= 0.6 is 27.5 Å². The van der Waals surface area contributed by atoms with Gasteiger partial charge in [-0.25, -0.2) is 8.78 Å². The van der Waals surface area contributed by atoms with Crippen molar-refractivity contribution in [1.82, 2.24) is 4.90 Å². The first kappa shape index (κ1) is 13.7. The van der Waals surface area contributed by atoms with Gasteiger partial charge in [0.15, 0.2) is 0 Å². The number of hydrogen-bond donors (Lipinski definition) is 0. The summed E-state index contributed by atoms with van der Waals surface area (Å²) in [6.07, 6.45) is 0.870. The van der Waals surface area contributed by atoms with E-state index in [2.05, 4.69) is 15.9 Å². The van der Waals surface area contributed by atoms with Crippen LogP contribution in [0.1, 0.15) is 16.8 Å². The third-order valence-electron chi connectivity index (χ3n) is 3.03. The van der Waals surface area contributed by atoms with E-state index in [1.807, 2.05) is 0 Å². The zero-order valence-electron chi connectivity index (χ0n) is 9.43. The Kier molecular flexibility index (Phi) is 4.22. The van der Waals surface area contributed by atoms with Gasteiger partial charge in [-0.2, -0.15) is 0 Å². The number of rotatable bonds is 2. The molecule has 0 radical (unpaired) electrons. The van der Waals surface area contributed by atoms with E-state index in [1.54, 1.807) is 0 Å². The normalized spacial score (nSPS) is 19.3. The van der Waals surface area contributed by atoms with E-state index in [-0.39, 0.29) is 10.6 Å². The van der Waals surface area contributed by atoms with Crippen molar-refractivity contribution in [2.75, 3.05) is 18.4 Å². The number of alkyl halides is 1. The van der Waals surface area contributed by atoms with Gasteiger partial charge in [-0.05, 0) is 24.5 Å². The molecule has 1 aliphatic rings. The van der Waals surface area contributed by atoms with E-state index in [0.29, 0.717) is 19.0 Å². The lowest BCUT2D eigenvalue weighted by Gasteiger charge is -2.16. The molecule has 0 N–H and O–H groups in total. The summed E-state index contributed by atoms with van der Waals surface area (Å²) in [5.74, 6) is -1.67. The van der Waals surface area contributed by atoms with Gasteiger partial charge in [-0.15, -0.1) is 0 Å². The minimum atomic E-state index is -0.784. The minimum Gasteiger partial charge on any atom is -0.338 e. The highest BCUT2D eigenvalue weighted by molar-refractivity contribution is 9.09. The molecule has 2 rings (SSSR count). The molecule has 18 heavy (non-hydrogen) atoms. The van der Waals surface area contributed by atoms with Gasteiger partial charge in [0.1, 0.15) is 11.6 Å².